The Labute approximate surface area is 131 Å². The number of aldehydes is 1. The number of benzene rings is 2. The van der Waals surface area contributed by atoms with Crippen LogP contribution in [0, 0.1) is 5.82 Å². The van der Waals surface area contributed by atoms with E-state index in [4.69, 9.17) is 16.3 Å². The molecule has 0 saturated heterocycles. The molecule has 0 spiro atoms. The van der Waals surface area contributed by atoms with Crippen LogP contribution in [0.25, 0.3) is 0 Å². The van der Waals surface area contributed by atoms with Gasteiger partial charge in [0.25, 0.3) is 5.91 Å². The topological polar surface area (TPSA) is 55.4 Å². The third-order valence-corrected chi connectivity index (χ3v) is 3.47. The number of methoxy groups -OCH3 is 1. The van der Waals surface area contributed by atoms with Gasteiger partial charge in [-0.25, -0.2) is 4.39 Å². The van der Waals surface area contributed by atoms with Gasteiger partial charge in [0.1, 0.15) is 11.6 Å². The zero-order valence-electron chi connectivity index (χ0n) is 11.7. The van der Waals surface area contributed by atoms with Crippen molar-refractivity contribution in [2.75, 3.05) is 7.11 Å². The molecule has 0 fully saturated rings. The summed E-state index contributed by atoms with van der Waals surface area (Å²) in [4.78, 5) is 23.4. The molecule has 0 aliphatic rings. The number of hydrogen-bond acceptors (Lipinski definition) is 3. The molecule has 0 atom stereocenters. The van der Waals surface area contributed by atoms with Crippen LogP contribution in [0.2, 0.25) is 5.02 Å². The van der Waals surface area contributed by atoms with Crippen molar-refractivity contribution in [3.8, 4) is 5.75 Å². The summed E-state index contributed by atoms with van der Waals surface area (Å²) in [7, 11) is 1.40. The van der Waals surface area contributed by atoms with E-state index in [0.717, 1.165) is 0 Å². The van der Waals surface area contributed by atoms with Gasteiger partial charge < -0.3 is 10.1 Å². The quantitative estimate of drug-likeness (QED) is 0.860. The minimum atomic E-state index is -0.543. The minimum Gasteiger partial charge on any atom is -0.496 e. The molecular formula is C16H13ClFNO3. The van der Waals surface area contributed by atoms with E-state index in [9.17, 15) is 14.0 Å². The number of ether oxygens (including phenoxy) is 1. The molecule has 2 aromatic rings. The molecule has 2 aromatic carbocycles. The van der Waals surface area contributed by atoms with Crippen molar-refractivity contribution >= 4 is 23.8 Å². The maximum Gasteiger partial charge on any atom is 0.256 e. The first-order valence-corrected chi connectivity index (χ1v) is 6.79. The highest BCUT2D eigenvalue weighted by molar-refractivity contribution is 6.31. The number of hydrogen-bond donors (Lipinski definition) is 1. The van der Waals surface area contributed by atoms with E-state index in [1.54, 1.807) is 12.1 Å². The van der Waals surface area contributed by atoms with Crippen LogP contribution in [0.5, 0.6) is 5.75 Å². The van der Waals surface area contributed by atoms with Crippen LogP contribution in [-0.4, -0.2) is 19.3 Å². The van der Waals surface area contributed by atoms with Gasteiger partial charge in [0.05, 0.1) is 12.7 Å². The molecule has 2 rings (SSSR count). The summed E-state index contributed by atoms with van der Waals surface area (Å²) >= 11 is 5.90. The standard InChI is InChI=1S/C16H13ClFNO3/c1-22-14-7-2-4-10(9-20)15(14)16(21)19-8-11-12(17)5-3-6-13(11)18/h2-7,9H,8H2,1H3,(H,19,21). The molecule has 114 valence electrons. The molecule has 0 aliphatic carbocycles. The van der Waals surface area contributed by atoms with Gasteiger partial charge in [0, 0.05) is 22.7 Å². The summed E-state index contributed by atoms with van der Waals surface area (Å²) in [6.45, 7) is -0.0965. The molecule has 0 heterocycles. The molecule has 22 heavy (non-hydrogen) atoms. The summed E-state index contributed by atoms with van der Waals surface area (Å²) in [5.74, 6) is -0.788. The summed E-state index contributed by atoms with van der Waals surface area (Å²) in [5, 5.41) is 2.76. The second-order valence-corrected chi connectivity index (χ2v) is 4.83. The van der Waals surface area contributed by atoms with E-state index in [2.05, 4.69) is 5.32 Å². The molecule has 6 heteroatoms. The molecule has 0 unspecified atom stereocenters. The Bertz CT molecular complexity index is 698. The maximum absolute atomic E-state index is 13.7. The van der Waals surface area contributed by atoms with Crippen molar-refractivity contribution in [3.63, 3.8) is 0 Å². The van der Waals surface area contributed by atoms with Crippen LogP contribution in [0.3, 0.4) is 0 Å². The predicted octanol–water partition coefficient (Wildman–Crippen LogP) is 3.23. The lowest BCUT2D eigenvalue weighted by molar-refractivity contribution is 0.0942. The van der Waals surface area contributed by atoms with Gasteiger partial charge in [-0.1, -0.05) is 29.8 Å². The van der Waals surface area contributed by atoms with Crippen LogP contribution in [0.15, 0.2) is 36.4 Å². The first-order valence-electron chi connectivity index (χ1n) is 6.41. The van der Waals surface area contributed by atoms with Gasteiger partial charge in [-0.05, 0) is 18.2 Å². The lowest BCUT2D eigenvalue weighted by Crippen LogP contribution is -2.25. The van der Waals surface area contributed by atoms with Crippen LogP contribution in [0.4, 0.5) is 4.39 Å². The lowest BCUT2D eigenvalue weighted by Gasteiger charge is -2.12. The molecule has 0 bridgehead atoms. The normalized spacial score (nSPS) is 10.1. The highest BCUT2D eigenvalue weighted by Crippen LogP contribution is 2.22. The van der Waals surface area contributed by atoms with E-state index < -0.39 is 11.7 Å². The number of carbonyl (C=O) groups is 2. The fourth-order valence-corrected chi connectivity index (χ4v) is 2.25. The van der Waals surface area contributed by atoms with Crippen LogP contribution in [0.1, 0.15) is 26.3 Å². The van der Waals surface area contributed by atoms with E-state index in [1.165, 1.54) is 31.4 Å². The average molecular weight is 322 g/mol. The molecule has 1 N–H and O–H groups in total. The van der Waals surface area contributed by atoms with Gasteiger partial charge in [0.2, 0.25) is 0 Å². The monoisotopic (exact) mass is 321 g/mol. The summed E-state index contributed by atoms with van der Waals surface area (Å²) < 4.78 is 18.8. The molecule has 1 amide bonds. The molecule has 0 aromatic heterocycles. The van der Waals surface area contributed by atoms with Crippen LogP contribution in [-0.2, 0) is 6.54 Å². The van der Waals surface area contributed by atoms with Crippen molar-refractivity contribution in [2.24, 2.45) is 0 Å². The van der Waals surface area contributed by atoms with E-state index in [-0.39, 0.29) is 34.0 Å². The number of halogens is 2. The fourth-order valence-electron chi connectivity index (χ4n) is 2.02. The molecule has 0 radical (unpaired) electrons. The van der Waals surface area contributed by atoms with Crippen molar-refractivity contribution in [1.29, 1.82) is 0 Å². The summed E-state index contributed by atoms with van der Waals surface area (Å²) in [6, 6.07) is 8.94. The molecular weight excluding hydrogens is 309 g/mol. The van der Waals surface area contributed by atoms with Crippen molar-refractivity contribution < 1.29 is 18.7 Å². The minimum absolute atomic E-state index is 0.0965. The van der Waals surface area contributed by atoms with Gasteiger partial charge in [-0.3, -0.25) is 9.59 Å². The number of amides is 1. The third-order valence-electron chi connectivity index (χ3n) is 3.12. The van der Waals surface area contributed by atoms with E-state index in [1.807, 2.05) is 0 Å². The summed E-state index contributed by atoms with van der Waals surface area (Å²) in [5.41, 5.74) is 0.476. The Kier molecular flexibility index (Phi) is 5.12. The lowest BCUT2D eigenvalue weighted by atomic mass is 10.1. The highest BCUT2D eigenvalue weighted by atomic mass is 35.5. The van der Waals surface area contributed by atoms with Crippen LogP contribution < -0.4 is 10.1 Å². The molecule has 0 aliphatic heterocycles. The number of carbonyl (C=O) groups excluding carboxylic acids is 2. The largest absolute Gasteiger partial charge is 0.496 e. The SMILES string of the molecule is COc1cccc(C=O)c1C(=O)NCc1c(F)cccc1Cl. The van der Waals surface area contributed by atoms with Gasteiger partial charge in [0.15, 0.2) is 6.29 Å². The fraction of sp³-hybridized carbons (Fsp3) is 0.125. The Morgan fingerprint density at radius 2 is 2.05 bits per heavy atom. The molecule has 0 saturated carbocycles. The zero-order chi connectivity index (χ0) is 16.1. The van der Waals surface area contributed by atoms with Gasteiger partial charge in [-0.15, -0.1) is 0 Å². The number of rotatable bonds is 5. The van der Waals surface area contributed by atoms with Crippen molar-refractivity contribution in [1.82, 2.24) is 5.32 Å². The Morgan fingerprint density at radius 1 is 1.32 bits per heavy atom. The Morgan fingerprint density at radius 3 is 2.68 bits per heavy atom. The van der Waals surface area contributed by atoms with Gasteiger partial charge >= 0.3 is 0 Å². The Balaban J connectivity index is 2.25. The maximum atomic E-state index is 13.7. The second-order valence-electron chi connectivity index (χ2n) is 4.43. The Hall–Kier alpha value is -2.40. The third kappa shape index (κ3) is 3.26. The predicted molar refractivity (Wildman–Crippen MR) is 81.0 cm³/mol. The first kappa shape index (κ1) is 16.0. The summed E-state index contributed by atoms with van der Waals surface area (Å²) in [6.07, 6.45) is 0.563. The second kappa shape index (κ2) is 7.04. The molecule has 4 nitrogen and oxygen atoms in total. The van der Waals surface area contributed by atoms with Crippen molar-refractivity contribution in [2.45, 2.75) is 6.54 Å². The van der Waals surface area contributed by atoms with E-state index in [0.29, 0.717) is 6.29 Å². The smallest absolute Gasteiger partial charge is 0.256 e. The zero-order valence-corrected chi connectivity index (χ0v) is 12.5. The van der Waals surface area contributed by atoms with Gasteiger partial charge in [-0.2, -0.15) is 0 Å². The van der Waals surface area contributed by atoms with E-state index >= 15 is 0 Å². The average Bonchev–Trinajstić information content (AvgIpc) is 2.53. The highest BCUT2D eigenvalue weighted by Gasteiger charge is 2.17. The van der Waals surface area contributed by atoms with Crippen molar-refractivity contribution in [3.05, 3.63) is 63.9 Å². The first-order chi connectivity index (χ1) is 10.6. The number of nitrogens with one attached hydrogen (secondary N) is 1. The van der Waals surface area contributed by atoms with Crippen LogP contribution >= 0.6 is 11.6 Å².